The number of epoxide rings is 1. The van der Waals surface area contributed by atoms with E-state index in [1.165, 1.54) is 13.0 Å². The molecule has 9 atom stereocenters. The first kappa shape index (κ1) is 24.4. The highest BCUT2D eigenvalue weighted by atomic mass is 16.6. The average Bonchev–Trinajstić information content (AvgIpc) is 3.18. The van der Waals surface area contributed by atoms with Crippen molar-refractivity contribution < 1.29 is 38.1 Å². The SMILES string of the molecule is C=C1[C@@H]2[C@@H](OC(=O)C=C[C@@]2(C)[C@H]2CC(=O)OC2(C)C)[C@H](OC(C)=O)[C@@]2(C)[C@H](C3=CCNC3=O)C[C@H]3O[C@]132. The smallest absolute Gasteiger partial charge is 0.330 e. The molecule has 6 rings (SSSR count). The van der Waals surface area contributed by atoms with E-state index >= 15 is 0 Å². The van der Waals surface area contributed by atoms with Gasteiger partial charge in [0, 0.05) is 48.3 Å². The maximum atomic E-state index is 13.0. The van der Waals surface area contributed by atoms with Gasteiger partial charge in [0.25, 0.3) is 0 Å². The molecule has 4 fully saturated rings. The summed E-state index contributed by atoms with van der Waals surface area (Å²) in [5, 5.41) is 2.85. The highest BCUT2D eigenvalue weighted by Gasteiger charge is 2.84. The lowest BCUT2D eigenvalue weighted by Crippen LogP contribution is -2.66. The zero-order valence-corrected chi connectivity index (χ0v) is 21.8. The minimum Gasteiger partial charge on any atom is -0.459 e. The molecule has 6 aliphatic rings. The Kier molecular flexibility index (Phi) is 4.84. The van der Waals surface area contributed by atoms with Crippen LogP contribution in [-0.4, -0.2) is 59.9 Å². The van der Waals surface area contributed by atoms with E-state index in [2.05, 4.69) is 11.9 Å². The van der Waals surface area contributed by atoms with Gasteiger partial charge >= 0.3 is 17.9 Å². The van der Waals surface area contributed by atoms with Gasteiger partial charge in [0.15, 0.2) is 0 Å². The fraction of sp³-hybridized carbons (Fsp3) is 0.643. The van der Waals surface area contributed by atoms with E-state index in [0.717, 1.165) is 5.57 Å². The van der Waals surface area contributed by atoms with Gasteiger partial charge in [-0.3, -0.25) is 14.4 Å². The minimum atomic E-state index is -0.906. The number of cyclic esters (lactones) is 1. The minimum absolute atomic E-state index is 0.148. The molecule has 0 bridgehead atoms. The first-order chi connectivity index (χ1) is 17.3. The molecule has 198 valence electrons. The van der Waals surface area contributed by atoms with Crippen molar-refractivity contribution in [1.82, 2.24) is 5.32 Å². The van der Waals surface area contributed by atoms with E-state index in [4.69, 9.17) is 18.9 Å². The Bertz CT molecular complexity index is 1220. The molecule has 0 aromatic rings. The second-order valence-corrected chi connectivity index (χ2v) is 12.3. The summed E-state index contributed by atoms with van der Waals surface area (Å²) in [4.78, 5) is 50.8. The third-order valence-electron chi connectivity index (χ3n) is 10.1. The summed E-state index contributed by atoms with van der Waals surface area (Å²) in [5.41, 5.74) is -2.01. The maximum Gasteiger partial charge on any atom is 0.330 e. The normalized spacial score (nSPS) is 47.1. The topological polar surface area (TPSA) is 121 Å². The van der Waals surface area contributed by atoms with Crippen LogP contribution in [0.5, 0.6) is 0 Å². The van der Waals surface area contributed by atoms with Gasteiger partial charge in [0.1, 0.15) is 23.4 Å². The van der Waals surface area contributed by atoms with Crippen LogP contribution in [0.4, 0.5) is 0 Å². The Morgan fingerprint density at radius 3 is 2.51 bits per heavy atom. The zero-order chi connectivity index (χ0) is 26.7. The van der Waals surface area contributed by atoms with Crippen LogP contribution in [0.2, 0.25) is 0 Å². The van der Waals surface area contributed by atoms with E-state index in [9.17, 15) is 19.2 Å². The van der Waals surface area contributed by atoms with Gasteiger partial charge in [-0.2, -0.15) is 0 Å². The molecule has 1 N–H and O–H groups in total. The summed E-state index contributed by atoms with van der Waals surface area (Å²) in [6.45, 7) is 14.0. The van der Waals surface area contributed by atoms with Crippen molar-refractivity contribution in [3.8, 4) is 0 Å². The van der Waals surface area contributed by atoms with Gasteiger partial charge < -0.3 is 24.3 Å². The molecular formula is C28H33NO8. The van der Waals surface area contributed by atoms with Crippen LogP contribution < -0.4 is 5.32 Å². The zero-order valence-electron chi connectivity index (χ0n) is 21.8. The van der Waals surface area contributed by atoms with E-state index in [1.54, 1.807) is 6.08 Å². The molecule has 0 aromatic carbocycles. The number of carbonyl (C=O) groups excluding carboxylic acids is 4. The summed E-state index contributed by atoms with van der Waals surface area (Å²) in [6, 6.07) is 0. The van der Waals surface area contributed by atoms with Gasteiger partial charge in [-0.05, 0) is 25.8 Å². The van der Waals surface area contributed by atoms with Crippen LogP contribution in [0.25, 0.3) is 0 Å². The predicted molar refractivity (Wildman–Crippen MR) is 128 cm³/mol. The maximum absolute atomic E-state index is 13.0. The Morgan fingerprint density at radius 2 is 1.92 bits per heavy atom. The number of carbonyl (C=O) groups is 4. The van der Waals surface area contributed by atoms with Gasteiger partial charge in [-0.1, -0.05) is 32.6 Å². The molecule has 2 aliphatic carbocycles. The summed E-state index contributed by atoms with van der Waals surface area (Å²) in [5.74, 6) is -2.66. The molecule has 37 heavy (non-hydrogen) atoms. The molecule has 4 aliphatic heterocycles. The van der Waals surface area contributed by atoms with E-state index in [-0.39, 0.29) is 36.2 Å². The monoisotopic (exact) mass is 511 g/mol. The van der Waals surface area contributed by atoms with Crippen molar-refractivity contribution in [2.24, 2.45) is 28.6 Å². The fourth-order valence-electron chi connectivity index (χ4n) is 8.65. The third-order valence-corrected chi connectivity index (χ3v) is 10.1. The van der Waals surface area contributed by atoms with Crippen LogP contribution in [0.15, 0.2) is 36.0 Å². The Morgan fingerprint density at radius 1 is 1.19 bits per heavy atom. The van der Waals surface area contributed by atoms with Gasteiger partial charge in [-0.15, -0.1) is 0 Å². The summed E-state index contributed by atoms with van der Waals surface area (Å²) < 4.78 is 24.2. The van der Waals surface area contributed by atoms with Crippen molar-refractivity contribution in [1.29, 1.82) is 0 Å². The second kappa shape index (κ2) is 7.34. The molecule has 0 unspecified atom stereocenters. The highest BCUT2D eigenvalue weighted by molar-refractivity contribution is 5.96. The van der Waals surface area contributed by atoms with Gasteiger partial charge in [-0.25, -0.2) is 4.79 Å². The van der Waals surface area contributed by atoms with Crippen LogP contribution in [0.3, 0.4) is 0 Å². The number of hydrogen-bond acceptors (Lipinski definition) is 8. The van der Waals surface area contributed by atoms with Crippen molar-refractivity contribution >= 4 is 23.8 Å². The summed E-state index contributed by atoms with van der Waals surface area (Å²) in [7, 11) is 0. The molecule has 9 heteroatoms. The standard InChI is InChI=1S/C28H33NO8/c1-13-21-22(35-19(31)7-9-26(21,5)17-12-20(32)37-25(17,3)4)23(34-14(2)30)27(6)16(11-18-28(13,27)36-18)15-8-10-29-24(15)33/h7-9,16-18,21-23H,1,10-12H2,2-6H3,(H,29,33)/t16-,17-,18+,21+,22+,23-,26-,27+,28+/m0/s1. The van der Waals surface area contributed by atoms with Crippen molar-refractivity contribution in [2.75, 3.05) is 6.54 Å². The predicted octanol–water partition coefficient (Wildman–Crippen LogP) is 2.15. The van der Waals surface area contributed by atoms with Crippen LogP contribution in [0, 0.1) is 28.6 Å². The molecular weight excluding hydrogens is 478 g/mol. The van der Waals surface area contributed by atoms with Gasteiger partial charge in [0.05, 0.1) is 17.9 Å². The number of ether oxygens (including phenoxy) is 4. The molecule has 2 saturated carbocycles. The van der Waals surface area contributed by atoms with Gasteiger partial charge in [0.2, 0.25) is 5.91 Å². The van der Waals surface area contributed by atoms with Crippen molar-refractivity contribution in [3.63, 3.8) is 0 Å². The summed E-state index contributed by atoms with van der Waals surface area (Å²) in [6.07, 6.45) is 3.78. The van der Waals surface area contributed by atoms with E-state index in [0.29, 0.717) is 18.5 Å². The lowest BCUT2D eigenvalue weighted by molar-refractivity contribution is -0.205. The highest BCUT2D eigenvalue weighted by Crippen LogP contribution is 2.75. The fourth-order valence-corrected chi connectivity index (χ4v) is 8.65. The van der Waals surface area contributed by atoms with Crippen molar-refractivity contribution in [3.05, 3.63) is 36.0 Å². The molecule has 0 radical (unpaired) electrons. The molecule has 9 nitrogen and oxygen atoms in total. The third kappa shape index (κ3) is 2.95. The second-order valence-electron chi connectivity index (χ2n) is 12.3. The molecule has 1 spiro atoms. The largest absolute Gasteiger partial charge is 0.459 e. The molecule has 4 heterocycles. The number of hydrogen-bond donors (Lipinski definition) is 1. The number of nitrogens with one attached hydrogen (secondary N) is 1. The number of fused-ring (bicyclic) bond motifs is 1. The molecule has 2 saturated heterocycles. The lowest BCUT2D eigenvalue weighted by Gasteiger charge is -2.57. The Balaban J connectivity index is 1.54. The van der Waals surface area contributed by atoms with Crippen LogP contribution in [-0.2, 0) is 38.1 Å². The first-order valence-electron chi connectivity index (χ1n) is 12.9. The van der Waals surface area contributed by atoms with Crippen molar-refractivity contribution in [2.45, 2.75) is 77.0 Å². The molecule has 0 aromatic heterocycles. The Hall–Kier alpha value is -2.94. The van der Waals surface area contributed by atoms with Crippen LogP contribution >= 0.6 is 0 Å². The molecule has 1 amide bonds. The average molecular weight is 512 g/mol. The van der Waals surface area contributed by atoms with Crippen LogP contribution in [0.1, 0.15) is 47.5 Å². The van der Waals surface area contributed by atoms with E-state index in [1.807, 2.05) is 33.8 Å². The first-order valence-corrected chi connectivity index (χ1v) is 12.9. The Labute approximate surface area is 215 Å². The number of rotatable bonds is 3. The number of amides is 1. The quantitative estimate of drug-likeness (QED) is 0.265. The lowest BCUT2D eigenvalue weighted by atomic mass is 9.49. The van der Waals surface area contributed by atoms with E-state index < -0.39 is 52.1 Å². The summed E-state index contributed by atoms with van der Waals surface area (Å²) >= 11 is 0. The number of allylic oxidation sites excluding steroid dienone is 1. The number of esters is 3.